The molecular formula is C24H26ClNO2. The molecule has 0 bridgehead atoms. The number of Topliss-reactive ketones (excluding diaryl/α,β-unsaturated/α-hetero) is 1. The number of carbonyl (C=O) groups is 1. The van der Waals surface area contributed by atoms with Gasteiger partial charge in [-0.15, -0.1) is 0 Å². The first-order valence-electron chi connectivity index (χ1n) is 9.43. The number of nitrogens with two attached hydrogens (primary N) is 1. The van der Waals surface area contributed by atoms with E-state index in [9.17, 15) is 9.90 Å². The smallest absolute Gasteiger partial charge is 0.168 e. The Bertz CT molecular complexity index is 825. The Kier molecular flexibility index (Phi) is 8.89. The highest BCUT2D eigenvalue weighted by molar-refractivity contribution is 5.95. The number of aliphatic hydroxyl groups excluding tert-OH is 1. The zero-order valence-electron chi connectivity index (χ0n) is 15.7. The van der Waals surface area contributed by atoms with Gasteiger partial charge in [0.05, 0.1) is 31.5 Å². The summed E-state index contributed by atoms with van der Waals surface area (Å²) < 4.78 is 0. The van der Waals surface area contributed by atoms with Gasteiger partial charge in [-0.05, 0) is 11.1 Å². The number of hydrogen-bond donors (Lipinski definition) is 2. The van der Waals surface area contributed by atoms with Crippen LogP contribution in [0, 0.1) is 0 Å². The largest absolute Gasteiger partial charge is 1.00 e. The molecule has 4 heteroatoms. The summed E-state index contributed by atoms with van der Waals surface area (Å²) >= 11 is 0. The monoisotopic (exact) mass is 395 g/mol. The zero-order chi connectivity index (χ0) is 18.9. The van der Waals surface area contributed by atoms with Crippen LogP contribution in [0.2, 0.25) is 0 Å². The van der Waals surface area contributed by atoms with Crippen molar-refractivity contribution in [2.75, 3.05) is 13.1 Å². The first-order chi connectivity index (χ1) is 13.3. The summed E-state index contributed by atoms with van der Waals surface area (Å²) in [5, 5.41) is 13.1. The van der Waals surface area contributed by atoms with Gasteiger partial charge in [-0.2, -0.15) is 0 Å². The second kappa shape index (κ2) is 11.4. The van der Waals surface area contributed by atoms with E-state index >= 15 is 0 Å². The van der Waals surface area contributed by atoms with Crippen molar-refractivity contribution in [1.29, 1.82) is 0 Å². The van der Waals surface area contributed by atoms with Gasteiger partial charge in [-0.25, -0.2) is 0 Å². The molecule has 146 valence electrons. The van der Waals surface area contributed by atoms with Crippen molar-refractivity contribution < 1.29 is 27.6 Å². The highest BCUT2D eigenvalue weighted by Crippen LogP contribution is 2.29. The summed E-state index contributed by atoms with van der Waals surface area (Å²) in [7, 11) is 0. The highest BCUT2D eigenvalue weighted by Gasteiger charge is 2.24. The number of quaternary nitrogens is 1. The first-order valence-corrected chi connectivity index (χ1v) is 9.43. The maximum absolute atomic E-state index is 12.2. The maximum atomic E-state index is 12.2. The molecule has 0 aliphatic heterocycles. The number of aliphatic hydroxyl groups is 1. The molecule has 0 heterocycles. The van der Waals surface area contributed by atoms with Crippen LogP contribution in [0.1, 0.15) is 39.9 Å². The molecule has 3 aromatic rings. The number of carbonyl (C=O) groups excluding carboxylic acids is 1. The molecule has 0 aliphatic carbocycles. The fourth-order valence-electron chi connectivity index (χ4n) is 3.33. The first kappa shape index (κ1) is 21.8. The fraction of sp³-hybridized carbons (Fsp3) is 0.208. The lowest BCUT2D eigenvalue weighted by Crippen LogP contribution is -3.00. The van der Waals surface area contributed by atoms with E-state index in [-0.39, 0.29) is 24.1 Å². The molecule has 0 fully saturated rings. The molecule has 3 aromatic carbocycles. The van der Waals surface area contributed by atoms with Crippen LogP contribution in [-0.4, -0.2) is 24.0 Å². The van der Waals surface area contributed by atoms with Crippen molar-refractivity contribution in [3.63, 3.8) is 0 Å². The minimum absolute atomic E-state index is 0. The van der Waals surface area contributed by atoms with Crippen LogP contribution in [0.25, 0.3) is 0 Å². The van der Waals surface area contributed by atoms with Crippen molar-refractivity contribution in [3.8, 4) is 0 Å². The summed E-state index contributed by atoms with van der Waals surface area (Å²) in [4.78, 5) is 12.2. The van der Waals surface area contributed by atoms with Gasteiger partial charge in [-0.3, -0.25) is 4.79 Å². The van der Waals surface area contributed by atoms with Crippen molar-refractivity contribution in [3.05, 3.63) is 108 Å². The molecule has 0 aliphatic rings. The molecule has 0 saturated heterocycles. The van der Waals surface area contributed by atoms with E-state index in [1.54, 1.807) is 0 Å². The van der Waals surface area contributed by atoms with Gasteiger partial charge >= 0.3 is 0 Å². The van der Waals surface area contributed by atoms with Gasteiger partial charge < -0.3 is 22.8 Å². The lowest BCUT2D eigenvalue weighted by molar-refractivity contribution is -0.657. The van der Waals surface area contributed by atoms with E-state index in [0.717, 1.165) is 23.2 Å². The number of rotatable bonds is 9. The van der Waals surface area contributed by atoms with E-state index < -0.39 is 6.10 Å². The Labute approximate surface area is 172 Å². The molecule has 0 spiro atoms. The summed E-state index contributed by atoms with van der Waals surface area (Å²) in [6.07, 6.45) is -0.0814. The van der Waals surface area contributed by atoms with Gasteiger partial charge in [-0.1, -0.05) is 91.0 Å². The number of ketones is 1. The second-order valence-electron chi connectivity index (χ2n) is 6.72. The molecule has 2 unspecified atom stereocenters. The average Bonchev–Trinajstić information content (AvgIpc) is 2.75. The van der Waals surface area contributed by atoms with Crippen molar-refractivity contribution in [2.24, 2.45) is 0 Å². The SMILES string of the molecule is O=C(CC[NH2+]CC(c1ccccc1)C(O)c1ccccc1)c1ccccc1.[Cl-]. The molecule has 2 atom stereocenters. The van der Waals surface area contributed by atoms with Crippen LogP contribution in [-0.2, 0) is 0 Å². The predicted octanol–water partition coefficient (Wildman–Crippen LogP) is 0.344. The number of hydrogen-bond acceptors (Lipinski definition) is 2. The highest BCUT2D eigenvalue weighted by atomic mass is 35.5. The van der Waals surface area contributed by atoms with E-state index in [4.69, 9.17) is 0 Å². The number of halogens is 1. The van der Waals surface area contributed by atoms with Gasteiger partial charge in [0.15, 0.2) is 5.78 Å². The minimum Gasteiger partial charge on any atom is -1.00 e. The molecule has 0 amide bonds. The van der Waals surface area contributed by atoms with Gasteiger partial charge in [0.2, 0.25) is 0 Å². The summed E-state index contributed by atoms with van der Waals surface area (Å²) in [6, 6.07) is 29.3. The van der Waals surface area contributed by atoms with Crippen LogP contribution in [0.15, 0.2) is 91.0 Å². The Morgan fingerprint density at radius 1 is 0.786 bits per heavy atom. The lowest BCUT2D eigenvalue weighted by atomic mass is 9.89. The molecule has 0 saturated carbocycles. The van der Waals surface area contributed by atoms with Crippen molar-refractivity contribution in [2.45, 2.75) is 18.4 Å². The van der Waals surface area contributed by atoms with Crippen LogP contribution < -0.4 is 17.7 Å². The number of benzene rings is 3. The van der Waals surface area contributed by atoms with Crippen molar-refractivity contribution >= 4 is 5.78 Å². The zero-order valence-corrected chi connectivity index (χ0v) is 16.5. The van der Waals surface area contributed by atoms with Gasteiger partial charge in [0, 0.05) is 5.56 Å². The third-order valence-electron chi connectivity index (χ3n) is 4.84. The van der Waals surface area contributed by atoms with Crippen molar-refractivity contribution in [1.82, 2.24) is 0 Å². The molecule has 28 heavy (non-hydrogen) atoms. The molecule has 0 radical (unpaired) electrons. The predicted molar refractivity (Wildman–Crippen MR) is 108 cm³/mol. The standard InChI is InChI=1S/C24H25NO2.ClH/c26-23(20-12-6-2-7-13-20)16-17-25-18-22(19-10-4-1-5-11-19)24(27)21-14-8-3-9-15-21;/h1-15,22,24-25,27H,16-18H2;1H. The van der Waals surface area contributed by atoms with Crippen LogP contribution >= 0.6 is 0 Å². The van der Waals surface area contributed by atoms with Crippen LogP contribution in [0.4, 0.5) is 0 Å². The van der Waals surface area contributed by atoms with E-state index in [0.29, 0.717) is 13.0 Å². The maximum Gasteiger partial charge on any atom is 0.168 e. The third-order valence-corrected chi connectivity index (χ3v) is 4.84. The fourth-order valence-corrected chi connectivity index (χ4v) is 3.33. The normalized spacial score (nSPS) is 12.6. The Morgan fingerprint density at radius 2 is 1.29 bits per heavy atom. The second-order valence-corrected chi connectivity index (χ2v) is 6.72. The van der Waals surface area contributed by atoms with Gasteiger partial charge in [0.25, 0.3) is 0 Å². The Morgan fingerprint density at radius 3 is 1.86 bits per heavy atom. The van der Waals surface area contributed by atoms with E-state index in [2.05, 4.69) is 17.4 Å². The van der Waals surface area contributed by atoms with Gasteiger partial charge in [0.1, 0.15) is 0 Å². The molecule has 3 nitrogen and oxygen atoms in total. The molecule has 3 N–H and O–H groups in total. The van der Waals surface area contributed by atoms with E-state index in [1.165, 1.54) is 0 Å². The topological polar surface area (TPSA) is 53.9 Å². The minimum atomic E-state index is -0.574. The third kappa shape index (κ3) is 6.03. The van der Waals surface area contributed by atoms with E-state index in [1.807, 2.05) is 78.9 Å². The summed E-state index contributed by atoms with van der Waals surface area (Å²) in [5.74, 6) is 0.132. The lowest BCUT2D eigenvalue weighted by Gasteiger charge is -2.22. The Balaban J connectivity index is 0.00000280. The summed E-state index contributed by atoms with van der Waals surface area (Å²) in [5.41, 5.74) is 2.79. The molecule has 0 aromatic heterocycles. The van der Waals surface area contributed by atoms with Crippen LogP contribution in [0.3, 0.4) is 0 Å². The quantitative estimate of drug-likeness (QED) is 0.405. The molecular weight excluding hydrogens is 370 g/mol. The summed E-state index contributed by atoms with van der Waals surface area (Å²) in [6.45, 7) is 1.43. The Hall–Kier alpha value is -2.46. The average molecular weight is 396 g/mol. The van der Waals surface area contributed by atoms with Crippen LogP contribution in [0.5, 0.6) is 0 Å². The molecule has 3 rings (SSSR count).